The molecule has 1 heteroatoms. The van der Waals surface area contributed by atoms with Crippen LogP contribution in [0.1, 0.15) is 49.3 Å². The third-order valence-corrected chi connectivity index (χ3v) is 3.83. The maximum atomic E-state index is 6.09. The van der Waals surface area contributed by atoms with Crippen LogP contribution >= 0.6 is 0 Å². The van der Waals surface area contributed by atoms with Crippen LogP contribution < -0.4 is 4.74 Å². The van der Waals surface area contributed by atoms with Crippen molar-refractivity contribution in [3.63, 3.8) is 0 Å². The minimum absolute atomic E-state index is 0.463. The Balaban J connectivity index is 2.18. The Hall–Kier alpha value is -0.980. The molecule has 1 aromatic carbocycles. The summed E-state index contributed by atoms with van der Waals surface area (Å²) >= 11 is 0. The van der Waals surface area contributed by atoms with Crippen molar-refractivity contribution >= 4 is 0 Å². The van der Waals surface area contributed by atoms with Crippen molar-refractivity contribution in [2.24, 2.45) is 0 Å². The molecule has 0 radical (unpaired) electrons. The van der Waals surface area contributed by atoms with E-state index in [2.05, 4.69) is 32.9 Å². The summed E-state index contributed by atoms with van der Waals surface area (Å²) in [6.45, 7) is 6.59. The zero-order valence-electron chi connectivity index (χ0n) is 10.7. The summed E-state index contributed by atoms with van der Waals surface area (Å²) in [5, 5.41) is 0. The van der Waals surface area contributed by atoms with Crippen LogP contribution in [0.2, 0.25) is 0 Å². The number of hydrogen-bond donors (Lipinski definition) is 0. The Bertz CT molecular complexity index is 362. The van der Waals surface area contributed by atoms with Crippen molar-refractivity contribution in [1.82, 2.24) is 0 Å². The van der Waals surface area contributed by atoms with Gasteiger partial charge in [-0.05, 0) is 68.7 Å². The fourth-order valence-corrected chi connectivity index (χ4v) is 2.55. The van der Waals surface area contributed by atoms with Crippen LogP contribution in [0.5, 0.6) is 5.75 Å². The lowest BCUT2D eigenvalue weighted by Crippen LogP contribution is -2.12. The van der Waals surface area contributed by atoms with Gasteiger partial charge >= 0.3 is 0 Å². The fourth-order valence-electron chi connectivity index (χ4n) is 2.55. The minimum atomic E-state index is 0.463. The molecule has 0 amide bonds. The van der Waals surface area contributed by atoms with Gasteiger partial charge < -0.3 is 4.74 Å². The summed E-state index contributed by atoms with van der Waals surface area (Å²) in [6, 6.07) is 4.37. The predicted molar refractivity (Wildman–Crippen MR) is 68.2 cm³/mol. The summed E-state index contributed by atoms with van der Waals surface area (Å²) in [4.78, 5) is 0. The van der Waals surface area contributed by atoms with Gasteiger partial charge in [0, 0.05) is 0 Å². The van der Waals surface area contributed by atoms with E-state index in [0.717, 1.165) is 12.2 Å². The highest BCUT2D eigenvalue weighted by molar-refractivity contribution is 5.43. The van der Waals surface area contributed by atoms with Gasteiger partial charge in [-0.3, -0.25) is 0 Å². The number of aryl methyl sites for hydroxylation is 1. The highest BCUT2D eigenvalue weighted by atomic mass is 16.5. The van der Waals surface area contributed by atoms with Gasteiger partial charge in [-0.1, -0.05) is 13.0 Å². The van der Waals surface area contributed by atoms with E-state index in [1.54, 1.807) is 0 Å². The first-order chi connectivity index (χ1) is 7.72. The van der Waals surface area contributed by atoms with E-state index in [4.69, 9.17) is 4.74 Å². The Kier molecular flexibility index (Phi) is 3.52. The van der Waals surface area contributed by atoms with Crippen LogP contribution in [-0.2, 0) is 6.42 Å². The summed E-state index contributed by atoms with van der Waals surface area (Å²) in [5.41, 5.74) is 4.17. The molecule has 88 valence electrons. The van der Waals surface area contributed by atoms with E-state index in [9.17, 15) is 0 Å². The van der Waals surface area contributed by atoms with Crippen molar-refractivity contribution in [3.05, 3.63) is 28.8 Å². The van der Waals surface area contributed by atoms with E-state index in [1.165, 1.54) is 42.4 Å². The molecule has 1 aromatic rings. The molecule has 16 heavy (non-hydrogen) atoms. The van der Waals surface area contributed by atoms with Crippen molar-refractivity contribution in [3.8, 4) is 5.75 Å². The zero-order chi connectivity index (χ0) is 11.5. The molecule has 1 fully saturated rings. The Morgan fingerprint density at radius 2 is 1.81 bits per heavy atom. The van der Waals surface area contributed by atoms with Crippen molar-refractivity contribution in [1.29, 1.82) is 0 Å². The van der Waals surface area contributed by atoms with Gasteiger partial charge in [0.1, 0.15) is 5.75 Å². The first-order valence-electron chi connectivity index (χ1n) is 6.48. The lowest BCUT2D eigenvalue weighted by Gasteiger charge is -2.17. The Morgan fingerprint density at radius 1 is 1.12 bits per heavy atom. The normalized spacial score (nSPS) is 16.7. The van der Waals surface area contributed by atoms with E-state index < -0.39 is 0 Å². The average molecular weight is 218 g/mol. The van der Waals surface area contributed by atoms with Gasteiger partial charge in [0.05, 0.1) is 6.10 Å². The molecule has 0 N–H and O–H groups in total. The second kappa shape index (κ2) is 4.90. The van der Waals surface area contributed by atoms with E-state index >= 15 is 0 Å². The van der Waals surface area contributed by atoms with Gasteiger partial charge in [-0.2, -0.15) is 0 Å². The fraction of sp³-hybridized carbons (Fsp3) is 0.600. The third-order valence-electron chi connectivity index (χ3n) is 3.83. The molecule has 2 rings (SSSR count). The molecule has 0 aliphatic heterocycles. The van der Waals surface area contributed by atoms with Gasteiger partial charge in [-0.15, -0.1) is 0 Å². The molecule has 1 aliphatic carbocycles. The maximum Gasteiger partial charge on any atom is 0.122 e. The van der Waals surface area contributed by atoms with Crippen LogP contribution in [-0.4, -0.2) is 6.10 Å². The quantitative estimate of drug-likeness (QED) is 0.739. The van der Waals surface area contributed by atoms with Gasteiger partial charge in [0.2, 0.25) is 0 Å². The van der Waals surface area contributed by atoms with E-state index in [0.29, 0.717) is 6.10 Å². The molecule has 0 heterocycles. The molecule has 0 bridgehead atoms. The van der Waals surface area contributed by atoms with E-state index in [1.807, 2.05) is 0 Å². The lowest BCUT2D eigenvalue weighted by molar-refractivity contribution is 0.208. The van der Waals surface area contributed by atoms with Crippen molar-refractivity contribution < 1.29 is 4.74 Å². The standard InChI is InChI=1S/C15H22O/c1-4-13-9-10-15(12(3)11(13)2)16-14-7-5-6-8-14/h9-10,14H,4-8H2,1-3H3. The van der Waals surface area contributed by atoms with Gasteiger partial charge in [-0.25, -0.2) is 0 Å². The second-order valence-electron chi connectivity index (χ2n) is 4.85. The number of rotatable bonds is 3. The highest BCUT2D eigenvalue weighted by Crippen LogP contribution is 2.29. The topological polar surface area (TPSA) is 9.23 Å². The van der Waals surface area contributed by atoms with Crippen LogP contribution in [0, 0.1) is 13.8 Å². The summed E-state index contributed by atoms with van der Waals surface area (Å²) in [7, 11) is 0. The molecule has 0 atom stereocenters. The smallest absolute Gasteiger partial charge is 0.122 e. The summed E-state index contributed by atoms with van der Waals surface area (Å²) in [5.74, 6) is 1.10. The average Bonchev–Trinajstić information content (AvgIpc) is 2.78. The van der Waals surface area contributed by atoms with E-state index in [-0.39, 0.29) is 0 Å². The molecule has 0 aromatic heterocycles. The Labute approximate surface area is 98.8 Å². The highest BCUT2D eigenvalue weighted by Gasteiger charge is 2.17. The summed E-state index contributed by atoms with van der Waals surface area (Å²) in [6.07, 6.45) is 6.69. The maximum absolute atomic E-state index is 6.09. The first kappa shape index (κ1) is 11.5. The molecule has 0 spiro atoms. The van der Waals surface area contributed by atoms with Gasteiger partial charge in [0.15, 0.2) is 0 Å². The third kappa shape index (κ3) is 2.23. The second-order valence-corrected chi connectivity index (χ2v) is 4.85. The SMILES string of the molecule is CCc1ccc(OC2CCCC2)c(C)c1C. The van der Waals surface area contributed by atoms with Crippen LogP contribution in [0.4, 0.5) is 0 Å². The van der Waals surface area contributed by atoms with Crippen molar-refractivity contribution in [2.45, 2.75) is 59.0 Å². The number of benzene rings is 1. The molecule has 0 saturated heterocycles. The van der Waals surface area contributed by atoms with Crippen molar-refractivity contribution in [2.75, 3.05) is 0 Å². The molecule has 1 nitrogen and oxygen atoms in total. The zero-order valence-corrected chi connectivity index (χ0v) is 10.7. The monoisotopic (exact) mass is 218 g/mol. The molecular formula is C15H22O. The predicted octanol–water partition coefficient (Wildman–Crippen LogP) is 4.19. The largest absolute Gasteiger partial charge is 0.490 e. The van der Waals surface area contributed by atoms with Gasteiger partial charge in [0.25, 0.3) is 0 Å². The minimum Gasteiger partial charge on any atom is -0.490 e. The number of ether oxygens (including phenoxy) is 1. The molecule has 0 unspecified atom stereocenters. The number of hydrogen-bond acceptors (Lipinski definition) is 1. The lowest BCUT2D eigenvalue weighted by atomic mass is 10.0. The van der Waals surface area contributed by atoms with Crippen LogP contribution in [0.25, 0.3) is 0 Å². The van der Waals surface area contributed by atoms with Crippen LogP contribution in [0.3, 0.4) is 0 Å². The Morgan fingerprint density at radius 3 is 2.44 bits per heavy atom. The molecular weight excluding hydrogens is 196 g/mol. The van der Waals surface area contributed by atoms with Crippen LogP contribution in [0.15, 0.2) is 12.1 Å². The molecule has 1 aliphatic rings. The summed E-state index contributed by atoms with van der Waals surface area (Å²) < 4.78 is 6.09. The first-order valence-corrected chi connectivity index (χ1v) is 6.48. The molecule has 1 saturated carbocycles.